The summed E-state index contributed by atoms with van der Waals surface area (Å²) in [5.74, 6) is -0.397. The van der Waals surface area contributed by atoms with Gasteiger partial charge in [-0.05, 0) is 16.3 Å². The Bertz CT molecular complexity index is 757. The first-order valence-electron chi connectivity index (χ1n) is 7.46. The lowest BCUT2D eigenvalue weighted by Crippen LogP contribution is -2.39. The lowest BCUT2D eigenvalue weighted by atomic mass is 10.1. The Kier molecular flexibility index (Phi) is 4.23. The second-order valence-electron chi connectivity index (χ2n) is 5.41. The van der Waals surface area contributed by atoms with Crippen molar-refractivity contribution in [2.75, 3.05) is 19.6 Å². The molecule has 0 unspecified atom stereocenters. The van der Waals surface area contributed by atoms with E-state index in [9.17, 15) is 14.4 Å². The first kappa shape index (κ1) is 15.0. The van der Waals surface area contributed by atoms with Crippen LogP contribution in [0.2, 0.25) is 0 Å². The summed E-state index contributed by atoms with van der Waals surface area (Å²) in [6, 6.07) is 13.5. The van der Waals surface area contributed by atoms with Gasteiger partial charge in [-0.3, -0.25) is 14.5 Å². The maximum atomic E-state index is 12.0. The third-order valence-corrected chi connectivity index (χ3v) is 3.77. The quantitative estimate of drug-likeness (QED) is 0.810. The van der Waals surface area contributed by atoms with E-state index in [1.165, 1.54) is 0 Å². The SMILES string of the molecule is O=C(Cc1ccc2ccccc2c1)NCCN1C(=O)CNC1=O. The number of rotatable bonds is 5. The van der Waals surface area contributed by atoms with Gasteiger partial charge >= 0.3 is 6.03 Å². The summed E-state index contributed by atoms with van der Waals surface area (Å²) >= 11 is 0. The smallest absolute Gasteiger partial charge is 0.324 e. The van der Waals surface area contributed by atoms with Gasteiger partial charge in [0.05, 0.1) is 13.0 Å². The van der Waals surface area contributed by atoms with Crippen LogP contribution in [0.4, 0.5) is 4.79 Å². The molecule has 1 aliphatic rings. The lowest BCUT2D eigenvalue weighted by molar-refractivity contribution is -0.125. The minimum Gasteiger partial charge on any atom is -0.354 e. The van der Waals surface area contributed by atoms with Crippen molar-refractivity contribution < 1.29 is 14.4 Å². The van der Waals surface area contributed by atoms with Gasteiger partial charge in [0.15, 0.2) is 0 Å². The van der Waals surface area contributed by atoms with Gasteiger partial charge in [-0.15, -0.1) is 0 Å². The number of fused-ring (bicyclic) bond motifs is 1. The van der Waals surface area contributed by atoms with Gasteiger partial charge < -0.3 is 10.6 Å². The third-order valence-electron chi connectivity index (χ3n) is 3.77. The number of carbonyl (C=O) groups is 3. The molecule has 1 saturated heterocycles. The highest BCUT2D eigenvalue weighted by Gasteiger charge is 2.27. The first-order chi connectivity index (χ1) is 11.1. The molecule has 0 spiro atoms. The van der Waals surface area contributed by atoms with Crippen LogP contribution in [0.25, 0.3) is 10.8 Å². The number of hydrogen-bond donors (Lipinski definition) is 2. The highest BCUT2D eigenvalue weighted by atomic mass is 16.2. The molecule has 0 saturated carbocycles. The van der Waals surface area contributed by atoms with Crippen LogP contribution in [0.15, 0.2) is 42.5 Å². The standard InChI is InChI=1S/C17H17N3O3/c21-15(18-7-8-20-16(22)11-19-17(20)23)10-12-5-6-13-3-1-2-4-14(13)9-12/h1-6,9H,7-8,10-11H2,(H,18,21)(H,19,23). The number of nitrogens with zero attached hydrogens (tertiary/aromatic N) is 1. The van der Waals surface area contributed by atoms with Gasteiger partial charge in [-0.25, -0.2) is 4.79 Å². The maximum absolute atomic E-state index is 12.0. The highest BCUT2D eigenvalue weighted by molar-refractivity contribution is 6.01. The molecule has 0 aromatic heterocycles. The summed E-state index contributed by atoms with van der Waals surface area (Å²) in [7, 11) is 0. The van der Waals surface area contributed by atoms with Crippen molar-refractivity contribution in [3.8, 4) is 0 Å². The van der Waals surface area contributed by atoms with E-state index >= 15 is 0 Å². The molecular formula is C17H17N3O3. The Labute approximate surface area is 133 Å². The zero-order valence-corrected chi connectivity index (χ0v) is 12.5. The summed E-state index contributed by atoms with van der Waals surface area (Å²) in [4.78, 5) is 35.8. The van der Waals surface area contributed by atoms with E-state index in [4.69, 9.17) is 0 Å². The number of urea groups is 1. The predicted molar refractivity (Wildman–Crippen MR) is 85.8 cm³/mol. The number of hydrogen-bond acceptors (Lipinski definition) is 3. The van der Waals surface area contributed by atoms with Crippen LogP contribution in [-0.2, 0) is 16.0 Å². The Morgan fingerprint density at radius 1 is 1.13 bits per heavy atom. The van der Waals surface area contributed by atoms with Crippen molar-refractivity contribution >= 4 is 28.6 Å². The molecule has 0 radical (unpaired) electrons. The fraction of sp³-hybridized carbons (Fsp3) is 0.235. The Morgan fingerprint density at radius 2 is 1.91 bits per heavy atom. The van der Waals surface area contributed by atoms with E-state index in [1.54, 1.807) is 0 Å². The second kappa shape index (κ2) is 6.48. The second-order valence-corrected chi connectivity index (χ2v) is 5.41. The van der Waals surface area contributed by atoms with Gasteiger partial charge in [-0.2, -0.15) is 0 Å². The minimum atomic E-state index is -0.404. The highest BCUT2D eigenvalue weighted by Crippen LogP contribution is 2.15. The van der Waals surface area contributed by atoms with Crippen molar-refractivity contribution in [2.24, 2.45) is 0 Å². The number of amides is 4. The van der Waals surface area contributed by atoms with Crippen molar-refractivity contribution in [1.29, 1.82) is 0 Å². The van der Waals surface area contributed by atoms with E-state index in [1.807, 2.05) is 42.5 Å². The molecule has 0 atom stereocenters. The van der Waals surface area contributed by atoms with Crippen LogP contribution in [0.5, 0.6) is 0 Å². The largest absolute Gasteiger partial charge is 0.354 e. The molecule has 23 heavy (non-hydrogen) atoms. The molecule has 3 rings (SSSR count). The zero-order valence-electron chi connectivity index (χ0n) is 12.5. The molecule has 6 heteroatoms. The van der Waals surface area contributed by atoms with Crippen molar-refractivity contribution in [3.05, 3.63) is 48.0 Å². The lowest BCUT2D eigenvalue weighted by Gasteiger charge is -2.12. The van der Waals surface area contributed by atoms with Crippen molar-refractivity contribution in [3.63, 3.8) is 0 Å². The maximum Gasteiger partial charge on any atom is 0.324 e. The topological polar surface area (TPSA) is 78.5 Å². The third kappa shape index (κ3) is 3.48. The average Bonchev–Trinajstić information content (AvgIpc) is 2.86. The Balaban J connectivity index is 1.52. The molecule has 118 valence electrons. The monoisotopic (exact) mass is 311 g/mol. The van der Waals surface area contributed by atoms with E-state index in [0.717, 1.165) is 21.2 Å². The van der Waals surface area contributed by atoms with E-state index in [-0.39, 0.29) is 37.9 Å². The van der Waals surface area contributed by atoms with Gasteiger partial charge in [-0.1, -0.05) is 42.5 Å². The van der Waals surface area contributed by atoms with E-state index in [2.05, 4.69) is 10.6 Å². The van der Waals surface area contributed by atoms with Gasteiger partial charge in [0, 0.05) is 13.1 Å². The molecule has 6 nitrogen and oxygen atoms in total. The minimum absolute atomic E-state index is 0.0316. The molecule has 0 aliphatic carbocycles. The molecule has 1 heterocycles. The van der Waals surface area contributed by atoms with Crippen LogP contribution in [0.3, 0.4) is 0 Å². The van der Waals surface area contributed by atoms with Crippen LogP contribution >= 0.6 is 0 Å². The molecule has 4 amide bonds. The van der Waals surface area contributed by atoms with Gasteiger partial charge in [0.25, 0.3) is 0 Å². The average molecular weight is 311 g/mol. The number of imide groups is 1. The summed E-state index contributed by atoms with van der Waals surface area (Å²) < 4.78 is 0. The van der Waals surface area contributed by atoms with Crippen molar-refractivity contribution in [2.45, 2.75) is 6.42 Å². The van der Waals surface area contributed by atoms with Crippen LogP contribution in [-0.4, -0.2) is 42.4 Å². The predicted octanol–water partition coefficient (Wildman–Crippen LogP) is 1.05. The number of nitrogens with one attached hydrogen (secondary N) is 2. The van der Waals surface area contributed by atoms with E-state index in [0.29, 0.717) is 0 Å². The van der Waals surface area contributed by atoms with Crippen LogP contribution in [0.1, 0.15) is 5.56 Å². The van der Waals surface area contributed by atoms with Gasteiger partial charge in [0.1, 0.15) is 0 Å². The molecule has 2 aromatic rings. The van der Waals surface area contributed by atoms with Crippen molar-refractivity contribution in [1.82, 2.24) is 15.5 Å². The molecular weight excluding hydrogens is 294 g/mol. The molecule has 1 aliphatic heterocycles. The molecule has 0 bridgehead atoms. The van der Waals surface area contributed by atoms with Gasteiger partial charge in [0.2, 0.25) is 11.8 Å². The molecule has 1 fully saturated rings. The summed E-state index contributed by atoms with van der Waals surface area (Å²) in [6.45, 7) is 0.476. The zero-order chi connectivity index (χ0) is 16.2. The summed E-state index contributed by atoms with van der Waals surface area (Å²) in [6.07, 6.45) is 0.269. The Morgan fingerprint density at radius 3 is 2.65 bits per heavy atom. The molecule has 2 N–H and O–H groups in total. The Hall–Kier alpha value is -2.89. The summed E-state index contributed by atoms with van der Waals surface area (Å²) in [5, 5.41) is 7.40. The van der Waals surface area contributed by atoms with E-state index < -0.39 is 6.03 Å². The van der Waals surface area contributed by atoms with Crippen LogP contribution in [0, 0.1) is 0 Å². The fourth-order valence-electron chi connectivity index (χ4n) is 2.59. The normalized spacial score (nSPS) is 14.2. The number of carbonyl (C=O) groups excluding carboxylic acids is 3. The van der Waals surface area contributed by atoms with Crippen LogP contribution < -0.4 is 10.6 Å². The first-order valence-corrected chi connectivity index (χ1v) is 7.46. The number of benzene rings is 2. The molecule has 2 aromatic carbocycles. The fourth-order valence-corrected chi connectivity index (χ4v) is 2.59. The summed E-state index contributed by atoms with van der Waals surface area (Å²) in [5.41, 5.74) is 0.927.